The summed E-state index contributed by atoms with van der Waals surface area (Å²) in [5, 5.41) is 7.99. The summed E-state index contributed by atoms with van der Waals surface area (Å²) in [7, 11) is 0. The SMILES string of the molecule is Nc1cnn(-c2ccccc2Br)n1. The minimum atomic E-state index is 0.413. The van der Waals surface area contributed by atoms with E-state index in [1.807, 2.05) is 24.3 Å². The fourth-order valence-electron chi connectivity index (χ4n) is 1.00. The first-order valence-electron chi connectivity index (χ1n) is 3.70. The lowest BCUT2D eigenvalue weighted by molar-refractivity contribution is 0.751. The molecule has 0 aliphatic heterocycles. The van der Waals surface area contributed by atoms with E-state index in [1.165, 1.54) is 11.0 Å². The highest BCUT2D eigenvalue weighted by atomic mass is 79.9. The van der Waals surface area contributed by atoms with E-state index in [0.29, 0.717) is 5.82 Å². The number of halogens is 1. The fourth-order valence-corrected chi connectivity index (χ4v) is 1.45. The summed E-state index contributed by atoms with van der Waals surface area (Å²) < 4.78 is 0.936. The van der Waals surface area contributed by atoms with Crippen LogP contribution in [0.1, 0.15) is 0 Å². The number of hydrogen-bond donors (Lipinski definition) is 1. The molecule has 0 fully saturated rings. The van der Waals surface area contributed by atoms with Gasteiger partial charge in [0.15, 0.2) is 5.82 Å². The van der Waals surface area contributed by atoms with Crippen molar-refractivity contribution in [2.24, 2.45) is 0 Å². The van der Waals surface area contributed by atoms with Crippen LogP contribution in [0.15, 0.2) is 34.9 Å². The summed E-state index contributed by atoms with van der Waals surface area (Å²) in [6.45, 7) is 0. The Bertz CT molecular complexity index is 424. The molecular formula is C8H7BrN4. The fraction of sp³-hybridized carbons (Fsp3) is 0. The van der Waals surface area contributed by atoms with E-state index in [-0.39, 0.29) is 0 Å². The molecule has 1 aromatic carbocycles. The maximum Gasteiger partial charge on any atom is 0.166 e. The first-order chi connectivity index (χ1) is 6.27. The average molecular weight is 239 g/mol. The van der Waals surface area contributed by atoms with Crippen molar-refractivity contribution in [3.05, 3.63) is 34.9 Å². The van der Waals surface area contributed by atoms with Gasteiger partial charge >= 0.3 is 0 Å². The molecule has 0 spiro atoms. The van der Waals surface area contributed by atoms with Gasteiger partial charge < -0.3 is 5.73 Å². The molecule has 13 heavy (non-hydrogen) atoms. The van der Waals surface area contributed by atoms with Crippen molar-refractivity contribution in [3.63, 3.8) is 0 Å². The molecule has 0 radical (unpaired) electrons. The molecular weight excluding hydrogens is 232 g/mol. The van der Waals surface area contributed by atoms with Gasteiger partial charge in [-0.05, 0) is 28.1 Å². The van der Waals surface area contributed by atoms with Gasteiger partial charge in [-0.1, -0.05) is 12.1 Å². The van der Waals surface area contributed by atoms with Gasteiger partial charge in [-0.25, -0.2) is 0 Å². The molecule has 2 rings (SSSR count). The van der Waals surface area contributed by atoms with E-state index in [9.17, 15) is 0 Å². The predicted molar refractivity (Wildman–Crippen MR) is 53.5 cm³/mol. The van der Waals surface area contributed by atoms with Crippen molar-refractivity contribution < 1.29 is 0 Å². The van der Waals surface area contributed by atoms with Gasteiger partial charge in [0, 0.05) is 4.47 Å². The van der Waals surface area contributed by atoms with Gasteiger partial charge in [-0.15, -0.1) is 9.90 Å². The first kappa shape index (κ1) is 8.25. The summed E-state index contributed by atoms with van der Waals surface area (Å²) in [6.07, 6.45) is 1.51. The number of nitrogens with zero attached hydrogens (tertiary/aromatic N) is 3. The van der Waals surface area contributed by atoms with Crippen molar-refractivity contribution in [2.75, 3.05) is 5.73 Å². The third kappa shape index (κ3) is 1.55. The van der Waals surface area contributed by atoms with Crippen LogP contribution in [0.5, 0.6) is 0 Å². The van der Waals surface area contributed by atoms with E-state index in [4.69, 9.17) is 5.73 Å². The van der Waals surface area contributed by atoms with Gasteiger partial charge in [0.1, 0.15) is 0 Å². The van der Waals surface area contributed by atoms with Crippen molar-refractivity contribution in [2.45, 2.75) is 0 Å². The summed E-state index contributed by atoms with van der Waals surface area (Å²) in [4.78, 5) is 1.49. The molecule has 0 amide bonds. The molecule has 2 aromatic rings. The number of aromatic nitrogens is 3. The van der Waals surface area contributed by atoms with Crippen LogP contribution < -0.4 is 5.73 Å². The maximum atomic E-state index is 5.46. The molecule has 2 N–H and O–H groups in total. The number of para-hydroxylation sites is 1. The number of benzene rings is 1. The largest absolute Gasteiger partial charge is 0.381 e. The Morgan fingerprint density at radius 2 is 2.08 bits per heavy atom. The minimum Gasteiger partial charge on any atom is -0.381 e. The van der Waals surface area contributed by atoms with E-state index >= 15 is 0 Å². The van der Waals surface area contributed by atoms with Crippen LogP contribution in [0.2, 0.25) is 0 Å². The first-order valence-corrected chi connectivity index (χ1v) is 4.49. The van der Waals surface area contributed by atoms with E-state index in [1.54, 1.807) is 0 Å². The van der Waals surface area contributed by atoms with Gasteiger partial charge in [0.05, 0.1) is 11.9 Å². The summed E-state index contributed by atoms with van der Waals surface area (Å²) >= 11 is 3.40. The molecule has 0 aliphatic rings. The normalized spacial score (nSPS) is 10.2. The quantitative estimate of drug-likeness (QED) is 0.822. The Morgan fingerprint density at radius 1 is 1.31 bits per heavy atom. The Balaban J connectivity index is 2.52. The van der Waals surface area contributed by atoms with E-state index in [0.717, 1.165) is 10.2 Å². The lowest BCUT2D eigenvalue weighted by Crippen LogP contribution is -1.99. The highest BCUT2D eigenvalue weighted by molar-refractivity contribution is 9.10. The van der Waals surface area contributed by atoms with Crippen molar-refractivity contribution in [1.82, 2.24) is 15.0 Å². The summed E-state index contributed by atoms with van der Waals surface area (Å²) in [6, 6.07) is 7.68. The molecule has 0 atom stereocenters. The second kappa shape index (κ2) is 3.18. The highest BCUT2D eigenvalue weighted by Crippen LogP contribution is 2.18. The molecule has 4 nitrogen and oxygen atoms in total. The van der Waals surface area contributed by atoms with Crippen LogP contribution >= 0.6 is 15.9 Å². The molecule has 1 heterocycles. The molecule has 0 saturated heterocycles. The molecule has 0 bridgehead atoms. The van der Waals surface area contributed by atoms with Crippen molar-refractivity contribution >= 4 is 21.7 Å². The Hall–Kier alpha value is -1.36. The number of hydrogen-bond acceptors (Lipinski definition) is 3. The zero-order valence-electron chi connectivity index (χ0n) is 6.68. The maximum absolute atomic E-state index is 5.46. The zero-order valence-corrected chi connectivity index (χ0v) is 8.27. The van der Waals surface area contributed by atoms with E-state index < -0.39 is 0 Å². The summed E-state index contributed by atoms with van der Waals surface area (Å²) in [5.74, 6) is 0.413. The van der Waals surface area contributed by atoms with Crippen molar-refractivity contribution in [1.29, 1.82) is 0 Å². The molecule has 0 saturated carbocycles. The lowest BCUT2D eigenvalue weighted by Gasteiger charge is -2.00. The second-order valence-electron chi connectivity index (χ2n) is 2.51. The molecule has 0 aliphatic carbocycles. The van der Waals surface area contributed by atoms with Crippen molar-refractivity contribution in [3.8, 4) is 5.69 Å². The van der Waals surface area contributed by atoms with Crippen LogP contribution in [0.25, 0.3) is 5.69 Å². The van der Waals surface area contributed by atoms with Crippen LogP contribution in [-0.2, 0) is 0 Å². The lowest BCUT2D eigenvalue weighted by atomic mass is 10.3. The smallest absolute Gasteiger partial charge is 0.166 e. The third-order valence-electron chi connectivity index (χ3n) is 1.58. The average Bonchev–Trinajstić information content (AvgIpc) is 2.53. The molecule has 1 aromatic heterocycles. The Morgan fingerprint density at radius 3 is 2.69 bits per heavy atom. The zero-order chi connectivity index (χ0) is 9.26. The van der Waals surface area contributed by atoms with Gasteiger partial charge in [-0.3, -0.25) is 0 Å². The van der Waals surface area contributed by atoms with Gasteiger partial charge in [0.25, 0.3) is 0 Å². The Labute approximate surface area is 83.5 Å². The second-order valence-corrected chi connectivity index (χ2v) is 3.36. The molecule has 5 heteroatoms. The van der Waals surface area contributed by atoms with E-state index in [2.05, 4.69) is 26.1 Å². The number of anilines is 1. The van der Waals surface area contributed by atoms with Crippen LogP contribution in [0.3, 0.4) is 0 Å². The van der Waals surface area contributed by atoms with Gasteiger partial charge in [0.2, 0.25) is 0 Å². The summed E-state index contributed by atoms with van der Waals surface area (Å²) in [5.41, 5.74) is 6.33. The number of rotatable bonds is 1. The molecule has 66 valence electrons. The predicted octanol–water partition coefficient (Wildman–Crippen LogP) is 1.61. The van der Waals surface area contributed by atoms with Gasteiger partial charge in [-0.2, -0.15) is 5.10 Å². The Kier molecular flexibility index (Phi) is 2.02. The standard InChI is InChI=1S/C8H7BrN4/c9-6-3-1-2-4-7(6)13-11-5-8(10)12-13/h1-5H,(H2,10,12). The highest BCUT2D eigenvalue weighted by Gasteiger charge is 2.02. The van der Waals surface area contributed by atoms with Crippen LogP contribution in [0, 0.1) is 0 Å². The number of nitrogen functional groups attached to an aromatic ring is 1. The van der Waals surface area contributed by atoms with Crippen LogP contribution in [-0.4, -0.2) is 15.0 Å². The monoisotopic (exact) mass is 238 g/mol. The minimum absolute atomic E-state index is 0.413. The van der Waals surface area contributed by atoms with Crippen LogP contribution in [0.4, 0.5) is 5.82 Å². The molecule has 0 unspecified atom stereocenters. The number of nitrogens with two attached hydrogens (primary N) is 1. The topological polar surface area (TPSA) is 56.7 Å². The third-order valence-corrected chi connectivity index (χ3v) is 2.25.